The zero-order valence-electron chi connectivity index (χ0n) is 17.5. The van der Waals surface area contributed by atoms with E-state index in [2.05, 4.69) is 4.98 Å². The van der Waals surface area contributed by atoms with Crippen LogP contribution in [0.3, 0.4) is 0 Å². The fourth-order valence-corrected chi connectivity index (χ4v) is 3.65. The summed E-state index contributed by atoms with van der Waals surface area (Å²) in [7, 11) is 3.19. The van der Waals surface area contributed by atoms with Crippen molar-refractivity contribution in [1.82, 2.24) is 9.88 Å². The number of benzene rings is 2. The van der Waals surface area contributed by atoms with Crippen LogP contribution in [0.25, 0.3) is 0 Å². The molecule has 0 saturated heterocycles. The van der Waals surface area contributed by atoms with Crippen molar-refractivity contribution < 1.29 is 14.3 Å². The maximum Gasteiger partial charge on any atom is 0.223 e. The number of aromatic nitrogens is 1. The van der Waals surface area contributed by atoms with Crippen molar-refractivity contribution in [1.29, 1.82) is 0 Å². The Morgan fingerprint density at radius 2 is 1.81 bits per heavy atom. The first-order chi connectivity index (χ1) is 15.0. The number of nitrogens with zero attached hydrogens (tertiary/aromatic N) is 2. The van der Waals surface area contributed by atoms with Gasteiger partial charge in [-0.1, -0.05) is 47.5 Å². The van der Waals surface area contributed by atoms with Crippen molar-refractivity contribution >= 4 is 29.1 Å². The van der Waals surface area contributed by atoms with Crippen molar-refractivity contribution in [2.24, 2.45) is 0 Å². The highest BCUT2D eigenvalue weighted by Gasteiger charge is 2.18. The van der Waals surface area contributed by atoms with Crippen molar-refractivity contribution in [3.8, 4) is 11.5 Å². The lowest BCUT2D eigenvalue weighted by atomic mass is 10.1. The molecule has 2 aromatic carbocycles. The SMILES string of the molecule is COc1cccc(CCC(=O)N(Cc2ccc(Cl)c(Cl)c2)Cc2ccccn2)c1OC. The summed E-state index contributed by atoms with van der Waals surface area (Å²) in [6.45, 7) is 0.802. The fraction of sp³-hybridized carbons (Fsp3) is 0.250. The molecule has 0 atom stereocenters. The molecule has 31 heavy (non-hydrogen) atoms. The van der Waals surface area contributed by atoms with Crippen LogP contribution in [-0.2, 0) is 24.3 Å². The Hall–Kier alpha value is -2.76. The van der Waals surface area contributed by atoms with E-state index in [1.807, 2.05) is 42.5 Å². The molecule has 5 nitrogen and oxygen atoms in total. The first kappa shape index (κ1) is 22.9. The number of hydrogen-bond acceptors (Lipinski definition) is 4. The summed E-state index contributed by atoms with van der Waals surface area (Å²) in [6.07, 6.45) is 2.56. The summed E-state index contributed by atoms with van der Waals surface area (Å²) < 4.78 is 10.8. The van der Waals surface area contributed by atoms with Crippen LogP contribution in [0.1, 0.15) is 23.2 Å². The molecule has 3 rings (SSSR count). The Labute approximate surface area is 192 Å². The Kier molecular flexibility index (Phi) is 8.15. The lowest BCUT2D eigenvalue weighted by Crippen LogP contribution is -2.30. The van der Waals surface area contributed by atoms with Gasteiger partial charge in [0.05, 0.1) is 36.5 Å². The van der Waals surface area contributed by atoms with E-state index in [0.717, 1.165) is 16.8 Å². The van der Waals surface area contributed by atoms with Crippen molar-refractivity contribution in [3.63, 3.8) is 0 Å². The average Bonchev–Trinajstić information content (AvgIpc) is 2.79. The van der Waals surface area contributed by atoms with Crippen LogP contribution in [0, 0.1) is 0 Å². The van der Waals surface area contributed by atoms with Crippen LogP contribution in [0.15, 0.2) is 60.8 Å². The summed E-state index contributed by atoms with van der Waals surface area (Å²) in [4.78, 5) is 19.3. The maximum atomic E-state index is 13.2. The minimum Gasteiger partial charge on any atom is -0.493 e. The van der Waals surface area contributed by atoms with Gasteiger partial charge in [0, 0.05) is 19.2 Å². The van der Waals surface area contributed by atoms with Crippen LogP contribution < -0.4 is 9.47 Å². The molecule has 0 N–H and O–H groups in total. The third kappa shape index (κ3) is 6.12. The van der Waals surface area contributed by atoms with E-state index in [4.69, 9.17) is 32.7 Å². The van der Waals surface area contributed by atoms with Crippen LogP contribution in [-0.4, -0.2) is 30.0 Å². The molecule has 0 aliphatic rings. The minimum atomic E-state index is 0.00148. The molecule has 0 aliphatic carbocycles. The summed E-state index contributed by atoms with van der Waals surface area (Å²) in [5, 5.41) is 0.948. The minimum absolute atomic E-state index is 0.00148. The average molecular weight is 459 g/mol. The largest absolute Gasteiger partial charge is 0.493 e. The van der Waals surface area contributed by atoms with Gasteiger partial charge < -0.3 is 14.4 Å². The Morgan fingerprint density at radius 3 is 2.48 bits per heavy atom. The second-order valence-corrected chi connectivity index (χ2v) is 7.79. The predicted octanol–water partition coefficient (Wildman–Crippen LogP) is 5.57. The van der Waals surface area contributed by atoms with Gasteiger partial charge in [-0.2, -0.15) is 0 Å². The highest BCUT2D eigenvalue weighted by Crippen LogP contribution is 2.31. The summed E-state index contributed by atoms with van der Waals surface area (Å²) >= 11 is 12.2. The van der Waals surface area contributed by atoms with Crippen LogP contribution in [0.2, 0.25) is 10.0 Å². The van der Waals surface area contributed by atoms with Gasteiger partial charge in [-0.05, 0) is 47.9 Å². The summed E-state index contributed by atoms with van der Waals surface area (Å²) in [5.74, 6) is 1.30. The number of ether oxygens (including phenoxy) is 2. The number of methoxy groups -OCH3 is 2. The number of halogens is 2. The Morgan fingerprint density at radius 1 is 0.968 bits per heavy atom. The number of amides is 1. The third-order valence-electron chi connectivity index (χ3n) is 4.88. The number of rotatable bonds is 9. The molecule has 7 heteroatoms. The number of aryl methyl sites for hydroxylation is 1. The quantitative estimate of drug-likeness (QED) is 0.420. The van der Waals surface area contributed by atoms with Gasteiger partial charge in [-0.3, -0.25) is 9.78 Å². The zero-order chi connectivity index (χ0) is 22.2. The van der Waals surface area contributed by atoms with E-state index >= 15 is 0 Å². The molecular weight excluding hydrogens is 435 g/mol. The van der Waals surface area contributed by atoms with E-state index in [0.29, 0.717) is 47.5 Å². The lowest BCUT2D eigenvalue weighted by Gasteiger charge is -2.23. The zero-order valence-corrected chi connectivity index (χ0v) is 19.0. The molecule has 0 fully saturated rings. The second-order valence-electron chi connectivity index (χ2n) is 6.97. The van der Waals surface area contributed by atoms with E-state index in [9.17, 15) is 4.79 Å². The molecule has 1 heterocycles. The Balaban J connectivity index is 1.78. The number of carbonyl (C=O) groups excluding carboxylic acids is 1. The van der Waals surface area contributed by atoms with Crippen LogP contribution >= 0.6 is 23.2 Å². The van der Waals surface area contributed by atoms with Gasteiger partial charge in [-0.15, -0.1) is 0 Å². The first-order valence-corrected chi connectivity index (χ1v) is 10.6. The molecule has 1 aromatic heterocycles. The fourth-order valence-electron chi connectivity index (χ4n) is 3.33. The topological polar surface area (TPSA) is 51.7 Å². The number of pyridine rings is 1. The molecule has 0 unspecified atom stereocenters. The van der Waals surface area contributed by atoms with Crippen LogP contribution in [0.4, 0.5) is 0 Å². The molecule has 0 radical (unpaired) electrons. The maximum absolute atomic E-state index is 13.2. The van der Waals surface area contributed by atoms with Gasteiger partial charge in [-0.25, -0.2) is 0 Å². The third-order valence-corrected chi connectivity index (χ3v) is 5.62. The second kappa shape index (κ2) is 11.0. The molecule has 0 aliphatic heterocycles. The Bertz CT molecular complexity index is 1030. The van der Waals surface area contributed by atoms with E-state index in [1.165, 1.54) is 0 Å². The smallest absolute Gasteiger partial charge is 0.223 e. The van der Waals surface area contributed by atoms with Crippen molar-refractivity contribution in [2.45, 2.75) is 25.9 Å². The van der Waals surface area contributed by atoms with Crippen molar-refractivity contribution in [3.05, 3.63) is 87.7 Å². The summed E-state index contributed by atoms with van der Waals surface area (Å²) in [6, 6.07) is 16.7. The van der Waals surface area contributed by atoms with Crippen LogP contribution in [0.5, 0.6) is 11.5 Å². The molecule has 1 amide bonds. The van der Waals surface area contributed by atoms with E-state index < -0.39 is 0 Å². The standard InChI is InChI=1S/C24H24Cl2N2O3/c1-30-22-8-5-6-18(24(22)31-2)10-12-23(29)28(16-19-7-3-4-13-27-19)15-17-9-11-20(25)21(26)14-17/h3-9,11,13-14H,10,12,15-16H2,1-2H3. The van der Waals surface area contributed by atoms with Gasteiger partial charge in [0.2, 0.25) is 5.91 Å². The molecule has 0 spiro atoms. The number of hydrogen-bond donors (Lipinski definition) is 0. The molecule has 3 aromatic rings. The molecule has 0 saturated carbocycles. The molecule has 162 valence electrons. The van der Waals surface area contributed by atoms with E-state index in [-0.39, 0.29) is 5.91 Å². The van der Waals surface area contributed by atoms with Gasteiger partial charge in [0.1, 0.15) is 0 Å². The number of para-hydroxylation sites is 1. The monoisotopic (exact) mass is 458 g/mol. The van der Waals surface area contributed by atoms with E-state index in [1.54, 1.807) is 37.4 Å². The highest BCUT2D eigenvalue weighted by atomic mass is 35.5. The van der Waals surface area contributed by atoms with Gasteiger partial charge >= 0.3 is 0 Å². The number of carbonyl (C=O) groups is 1. The first-order valence-electron chi connectivity index (χ1n) is 9.83. The predicted molar refractivity (Wildman–Crippen MR) is 123 cm³/mol. The normalized spacial score (nSPS) is 10.6. The van der Waals surface area contributed by atoms with Crippen molar-refractivity contribution in [2.75, 3.05) is 14.2 Å². The highest BCUT2D eigenvalue weighted by molar-refractivity contribution is 6.42. The molecular formula is C24H24Cl2N2O3. The van der Waals surface area contributed by atoms with Gasteiger partial charge in [0.25, 0.3) is 0 Å². The lowest BCUT2D eigenvalue weighted by molar-refractivity contribution is -0.132. The summed E-state index contributed by atoms with van der Waals surface area (Å²) in [5.41, 5.74) is 2.63. The van der Waals surface area contributed by atoms with Gasteiger partial charge in [0.15, 0.2) is 11.5 Å². The molecule has 0 bridgehead atoms.